The highest BCUT2D eigenvalue weighted by Crippen LogP contribution is 2.53. The molecule has 2 aliphatic carbocycles. The molecule has 1 aromatic rings. The van der Waals surface area contributed by atoms with Crippen LogP contribution in [0.15, 0.2) is 36.4 Å². The molecule has 1 aromatic carbocycles. The van der Waals surface area contributed by atoms with Crippen molar-refractivity contribution in [2.24, 2.45) is 11.3 Å². The van der Waals surface area contributed by atoms with E-state index in [4.69, 9.17) is 5.11 Å². The lowest BCUT2D eigenvalue weighted by Gasteiger charge is -2.45. The van der Waals surface area contributed by atoms with Crippen molar-refractivity contribution in [1.82, 2.24) is 4.90 Å². The summed E-state index contributed by atoms with van der Waals surface area (Å²) in [5, 5.41) is 19.9. The zero-order chi connectivity index (χ0) is 20.4. The van der Waals surface area contributed by atoms with Crippen molar-refractivity contribution in [2.75, 3.05) is 6.54 Å². The smallest absolute Gasteiger partial charge is 0.335 e. The van der Waals surface area contributed by atoms with E-state index in [1.807, 2.05) is 23.1 Å². The van der Waals surface area contributed by atoms with E-state index in [0.29, 0.717) is 19.4 Å². The van der Waals surface area contributed by atoms with E-state index in [1.54, 1.807) is 12.1 Å². The first-order chi connectivity index (χ1) is 14.0. The normalized spacial score (nSPS) is 24.7. The summed E-state index contributed by atoms with van der Waals surface area (Å²) in [6.07, 6.45) is 12.9. The minimum Gasteiger partial charge on any atom is -0.478 e. The number of aliphatic hydroxyl groups is 1. The fourth-order valence-electron chi connectivity index (χ4n) is 4.90. The van der Waals surface area contributed by atoms with Crippen LogP contribution < -0.4 is 0 Å². The lowest BCUT2D eigenvalue weighted by atomic mass is 9.62. The summed E-state index contributed by atoms with van der Waals surface area (Å²) in [6.45, 7) is 0.615. The van der Waals surface area contributed by atoms with Crippen molar-refractivity contribution >= 4 is 11.9 Å². The average Bonchev–Trinajstić information content (AvgIpc) is 3.43. The van der Waals surface area contributed by atoms with Gasteiger partial charge in [-0.2, -0.15) is 0 Å². The lowest BCUT2D eigenvalue weighted by molar-refractivity contribution is -0.128. The van der Waals surface area contributed by atoms with Gasteiger partial charge in [-0.25, -0.2) is 4.79 Å². The molecule has 5 nitrogen and oxygen atoms in total. The number of rotatable bonds is 9. The highest BCUT2D eigenvalue weighted by Gasteiger charge is 2.45. The van der Waals surface area contributed by atoms with Crippen molar-refractivity contribution in [2.45, 2.75) is 69.9 Å². The number of likely N-dealkylation sites (tertiary alicyclic amines) is 1. The number of hydrogen-bond donors (Lipinski definition) is 2. The molecule has 2 unspecified atom stereocenters. The van der Waals surface area contributed by atoms with E-state index in [0.717, 1.165) is 37.2 Å². The van der Waals surface area contributed by atoms with Gasteiger partial charge in [0.25, 0.3) is 0 Å². The van der Waals surface area contributed by atoms with Crippen molar-refractivity contribution in [3.05, 3.63) is 47.5 Å². The van der Waals surface area contributed by atoms with Crippen LogP contribution in [-0.2, 0) is 11.2 Å². The largest absolute Gasteiger partial charge is 0.478 e. The molecule has 0 bridgehead atoms. The van der Waals surface area contributed by atoms with E-state index in [2.05, 4.69) is 6.08 Å². The van der Waals surface area contributed by atoms with E-state index in [-0.39, 0.29) is 22.9 Å². The quantitative estimate of drug-likeness (QED) is 0.621. The second-order valence-electron chi connectivity index (χ2n) is 9.14. The molecule has 1 heterocycles. The fraction of sp³-hybridized carbons (Fsp3) is 0.583. The summed E-state index contributed by atoms with van der Waals surface area (Å²) in [7, 11) is 0. The molecule has 1 amide bonds. The zero-order valence-corrected chi connectivity index (χ0v) is 16.9. The first-order valence-electron chi connectivity index (χ1n) is 10.9. The van der Waals surface area contributed by atoms with E-state index in [1.165, 1.54) is 19.3 Å². The van der Waals surface area contributed by atoms with Crippen LogP contribution in [0.3, 0.4) is 0 Å². The van der Waals surface area contributed by atoms with Gasteiger partial charge in [0.15, 0.2) is 0 Å². The molecule has 1 aliphatic heterocycles. The van der Waals surface area contributed by atoms with Gasteiger partial charge in [-0.1, -0.05) is 43.5 Å². The maximum Gasteiger partial charge on any atom is 0.335 e. The molecular weight excluding hydrogens is 366 g/mol. The number of carbonyl (C=O) groups is 2. The Labute approximate surface area is 172 Å². The SMILES string of the molecule is O=C(O)c1ccc(CCN2C(=O)CCC2/C=C\C(O)C2(CC3CC3)CCC2)cc1. The fourth-order valence-corrected chi connectivity index (χ4v) is 4.90. The molecule has 0 spiro atoms. The van der Waals surface area contributed by atoms with Gasteiger partial charge >= 0.3 is 5.97 Å². The van der Waals surface area contributed by atoms with E-state index < -0.39 is 12.1 Å². The summed E-state index contributed by atoms with van der Waals surface area (Å²) in [5.41, 5.74) is 1.38. The Hall–Kier alpha value is -2.14. The molecule has 156 valence electrons. The van der Waals surface area contributed by atoms with Crippen molar-refractivity contribution in [3.8, 4) is 0 Å². The van der Waals surface area contributed by atoms with Crippen LogP contribution in [0.2, 0.25) is 0 Å². The summed E-state index contributed by atoms with van der Waals surface area (Å²) >= 11 is 0. The molecule has 2 saturated carbocycles. The van der Waals surface area contributed by atoms with Gasteiger partial charge in [0.1, 0.15) is 0 Å². The van der Waals surface area contributed by atoms with Crippen LogP contribution in [0.25, 0.3) is 0 Å². The number of aliphatic hydroxyl groups excluding tert-OH is 1. The maximum absolute atomic E-state index is 12.4. The minimum atomic E-state index is -0.930. The van der Waals surface area contributed by atoms with Crippen molar-refractivity contribution in [3.63, 3.8) is 0 Å². The van der Waals surface area contributed by atoms with E-state index in [9.17, 15) is 14.7 Å². The molecule has 0 radical (unpaired) electrons. The predicted octanol–water partition coefficient (Wildman–Crippen LogP) is 3.81. The van der Waals surface area contributed by atoms with Gasteiger partial charge in [-0.05, 0) is 55.7 Å². The highest BCUT2D eigenvalue weighted by atomic mass is 16.4. The third kappa shape index (κ3) is 4.55. The Morgan fingerprint density at radius 2 is 1.93 bits per heavy atom. The van der Waals surface area contributed by atoms with Crippen molar-refractivity contribution in [1.29, 1.82) is 0 Å². The maximum atomic E-state index is 12.4. The standard InChI is InChI=1S/C24H31NO4/c26-21(24(13-1-14-24)16-18-2-3-18)10-8-20-9-11-22(27)25(20)15-12-17-4-6-19(7-5-17)23(28)29/h4-8,10,18,20-21,26H,1-3,9,11-16H2,(H,28,29)/b10-8-. The number of nitrogens with zero attached hydrogens (tertiary/aromatic N) is 1. The second kappa shape index (κ2) is 8.31. The Morgan fingerprint density at radius 3 is 2.52 bits per heavy atom. The van der Waals surface area contributed by atoms with Gasteiger partial charge in [0, 0.05) is 18.4 Å². The van der Waals surface area contributed by atoms with Crippen LogP contribution in [0.1, 0.15) is 67.3 Å². The molecule has 29 heavy (non-hydrogen) atoms. The zero-order valence-electron chi connectivity index (χ0n) is 16.9. The van der Waals surface area contributed by atoms with Gasteiger partial charge in [0.05, 0.1) is 17.7 Å². The van der Waals surface area contributed by atoms with Crippen LogP contribution in [0, 0.1) is 11.3 Å². The molecule has 2 N–H and O–H groups in total. The number of carboxylic acids is 1. The Kier molecular flexibility index (Phi) is 5.77. The third-order valence-corrected chi connectivity index (χ3v) is 7.10. The average molecular weight is 398 g/mol. The molecule has 1 saturated heterocycles. The van der Waals surface area contributed by atoms with Crippen LogP contribution in [0.5, 0.6) is 0 Å². The Bertz CT molecular complexity index is 777. The first-order valence-corrected chi connectivity index (χ1v) is 10.9. The van der Waals surface area contributed by atoms with Crippen LogP contribution >= 0.6 is 0 Å². The lowest BCUT2D eigenvalue weighted by Crippen LogP contribution is -2.41. The molecule has 2 atom stereocenters. The van der Waals surface area contributed by atoms with Crippen LogP contribution in [-0.4, -0.2) is 45.7 Å². The topological polar surface area (TPSA) is 77.8 Å². The number of hydrogen-bond acceptors (Lipinski definition) is 3. The summed E-state index contributed by atoms with van der Waals surface area (Å²) in [4.78, 5) is 25.2. The number of carboxylic acid groups (broad SMARTS) is 1. The monoisotopic (exact) mass is 397 g/mol. The van der Waals surface area contributed by atoms with Gasteiger partial charge in [-0.15, -0.1) is 0 Å². The number of aromatic carboxylic acids is 1. The van der Waals surface area contributed by atoms with Crippen molar-refractivity contribution < 1.29 is 19.8 Å². The molecule has 0 aromatic heterocycles. The summed E-state index contributed by atoms with van der Waals surface area (Å²) < 4.78 is 0. The molecule has 4 rings (SSSR count). The molecule has 3 aliphatic rings. The van der Waals surface area contributed by atoms with E-state index >= 15 is 0 Å². The van der Waals surface area contributed by atoms with Gasteiger partial charge in [-0.3, -0.25) is 4.79 Å². The highest BCUT2D eigenvalue weighted by molar-refractivity contribution is 5.87. The van der Waals surface area contributed by atoms with Gasteiger partial charge < -0.3 is 15.1 Å². The van der Waals surface area contributed by atoms with Gasteiger partial charge in [0.2, 0.25) is 5.91 Å². The number of carbonyl (C=O) groups excluding carboxylic acids is 1. The minimum absolute atomic E-state index is 0.0495. The predicted molar refractivity (Wildman–Crippen MR) is 111 cm³/mol. The molecule has 3 fully saturated rings. The first kappa shape index (κ1) is 20.1. The Morgan fingerprint density at radius 1 is 1.21 bits per heavy atom. The third-order valence-electron chi connectivity index (χ3n) is 7.10. The number of benzene rings is 1. The number of amides is 1. The summed E-state index contributed by atoms with van der Waals surface area (Å²) in [5.74, 6) is 0.0454. The summed E-state index contributed by atoms with van der Waals surface area (Å²) in [6, 6.07) is 6.89. The molecule has 5 heteroatoms. The second-order valence-corrected chi connectivity index (χ2v) is 9.14. The Balaban J connectivity index is 1.35. The molecular formula is C24H31NO4. The van der Waals surface area contributed by atoms with Crippen LogP contribution in [0.4, 0.5) is 0 Å².